The minimum atomic E-state index is -0.460. The average molecular weight is 264 g/mol. The summed E-state index contributed by atoms with van der Waals surface area (Å²) in [5.74, 6) is 0.160. The van der Waals surface area contributed by atoms with E-state index >= 15 is 0 Å². The van der Waals surface area contributed by atoms with E-state index in [2.05, 4.69) is 18.6 Å². The van der Waals surface area contributed by atoms with Gasteiger partial charge in [0.05, 0.1) is 18.8 Å². The van der Waals surface area contributed by atoms with E-state index in [0.717, 1.165) is 18.4 Å². The topological polar surface area (TPSA) is 46.5 Å². The fourth-order valence-electron chi connectivity index (χ4n) is 2.15. The van der Waals surface area contributed by atoms with Gasteiger partial charge in [-0.2, -0.15) is 0 Å². The average Bonchev–Trinajstić information content (AvgIpc) is 2.44. The molecular weight excluding hydrogens is 240 g/mol. The summed E-state index contributed by atoms with van der Waals surface area (Å²) in [4.78, 5) is 11.3. The number of hydrogen-bond acceptors (Lipinski definition) is 3. The fraction of sp³-hybridized carbons (Fsp3) is 0.562. The molecule has 106 valence electrons. The smallest absolute Gasteiger partial charge is 0.337 e. The molecule has 0 heterocycles. The second-order valence-corrected chi connectivity index (χ2v) is 5.11. The normalized spacial score (nSPS) is 13.9. The van der Waals surface area contributed by atoms with Crippen LogP contribution in [0.25, 0.3) is 0 Å². The molecule has 0 saturated carbocycles. The van der Waals surface area contributed by atoms with Crippen molar-refractivity contribution in [2.75, 3.05) is 7.11 Å². The second-order valence-electron chi connectivity index (χ2n) is 5.11. The van der Waals surface area contributed by atoms with E-state index in [9.17, 15) is 9.90 Å². The first kappa shape index (κ1) is 15.7. The second kappa shape index (κ2) is 7.95. The van der Waals surface area contributed by atoms with Crippen LogP contribution in [0.1, 0.15) is 61.6 Å². The molecule has 0 aliphatic carbocycles. The minimum absolute atomic E-state index is 0.350. The lowest BCUT2D eigenvalue weighted by Gasteiger charge is -2.16. The summed E-state index contributed by atoms with van der Waals surface area (Å²) < 4.78 is 4.64. The van der Waals surface area contributed by atoms with E-state index in [0.29, 0.717) is 11.5 Å². The Morgan fingerprint density at radius 3 is 2.47 bits per heavy atom. The molecule has 0 radical (unpaired) electrons. The van der Waals surface area contributed by atoms with Crippen molar-refractivity contribution in [1.82, 2.24) is 0 Å². The molecule has 0 aliphatic heterocycles. The first-order valence-corrected chi connectivity index (χ1v) is 6.94. The summed E-state index contributed by atoms with van der Waals surface area (Å²) in [6.45, 7) is 4.34. The highest BCUT2D eigenvalue weighted by atomic mass is 16.5. The van der Waals surface area contributed by atoms with Gasteiger partial charge in [0, 0.05) is 0 Å². The van der Waals surface area contributed by atoms with Crippen LogP contribution in [0.3, 0.4) is 0 Å². The zero-order chi connectivity index (χ0) is 14.3. The van der Waals surface area contributed by atoms with Crippen LogP contribution in [0.15, 0.2) is 24.3 Å². The number of carbonyl (C=O) groups excluding carboxylic acids is 1. The van der Waals surface area contributed by atoms with E-state index in [1.54, 1.807) is 24.3 Å². The highest BCUT2D eigenvalue weighted by molar-refractivity contribution is 5.89. The van der Waals surface area contributed by atoms with Gasteiger partial charge < -0.3 is 9.84 Å². The lowest BCUT2D eigenvalue weighted by atomic mass is 9.94. The van der Waals surface area contributed by atoms with Crippen LogP contribution in [-0.2, 0) is 4.74 Å². The predicted octanol–water partition coefficient (Wildman–Crippen LogP) is 3.72. The van der Waals surface area contributed by atoms with Crippen molar-refractivity contribution in [2.45, 2.75) is 45.6 Å². The summed E-state index contributed by atoms with van der Waals surface area (Å²) in [5.41, 5.74) is 1.37. The zero-order valence-electron chi connectivity index (χ0n) is 12.1. The summed E-state index contributed by atoms with van der Waals surface area (Å²) in [7, 11) is 1.36. The Kier molecular flexibility index (Phi) is 6.57. The molecule has 0 saturated heterocycles. The number of aliphatic hydroxyl groups is 1. The van der Waals surface area contributed by atoms with E-state index in [1.807, 2.05) is 0 Å². The lowest BCUT2D eigenvalue weighted by Crippen LogP contribution is -2.06. The summed E-state index contributed by atoms with van der Waals surface area (Å²) >= 11 is 0. The Balaban J connectivity index is 2.57. The van der Waals surface area contributed by atoms with E-state index < -0.39 is 6.10 Å². The van der Waals surface area contributed by atoms with Gasteiger partial charge in [0.15, 0.2) is 0 Å². The monoisotopic (exact) mass is 264 g/mol. The van der Waals surface area contributed by atoms with Gasteiger partial charge in [-0.25, -0.2) is 4.79 Å². The van der Waals surface area contributed by atoms with E-state index in [4.69, 9.17) is 0 Å². The molecule has 0 fully saturated rings. The maximum Gasteiger partial charge on any atom is 0.337 e. The molecule has 19 heavy (non-hydrogen) atoms. The molecule has 0 aliphatic rings. The van der Waals surface area contributed by atoms with Gasteiger partial charge in [-0.15, -0.1) is 0 Å². The van der Waals surface area contributed by atoms with Crippen LogP contribution in [0.2, 0.25) is 0 Å². The minimum Gasteiger partial charge on any atom is -0.465 e. The lowest BCUT2D eigenvalue weighted by molar-refractivity contribution is 0.0600. The number of unbranched alkanes of at least 4 members (excludes halogenated alkanes) is 1. The fourth-order valence-corrected chi connectivity index (χ4v) is 2.15. The van der Waals surface area contributed by atoms with Crippen molar-refractivity contribution in [1.29, 1.82) is 0 Å². The van der Waals surface area contributed by atoms with Crippen LogP contribution in [-0.4, -0.2) is 18.2 Å². The Bertz CT molecular complexity index is 383. The third-order valence-corrected chi connectivity index (χ3v) is 3.39. The molecule has 1 rings (SSSR count). The Hall–Kier alpha value is -1.35. The summed E-state index contributed by atoms with van der Waals surface area (Å²) in [6.07, 6.45) is 3.84. The quantitative estimate of drug-likeness (QED) is 0.763. The molecule has 3 nitrogen and oxygen atoms in total. The molecule has 0 aromatic heterocycles. The van der Waals surface area contributed by atoms with Gasteiger partial charge >= 0.3 is 5.97 Å². The highest BCUT2D eigenvalue weighted by Gasteiger charge is 2.13. The number of ether oxygens (including phenoxy) is 1. The first-order valence-electron chi connectivity index (χ1n) is 6.94. The SMILES string of the molecule is CCCCC(C)CC(O)c1ccc(C(=O)OC)cc1. The Morgan fingerprint density at radius 1 is 1.32 bits per heavy atom. The van der Waals surface area contributed by atoms with Crippen molar-refractivity contribution in [3.05, 3.63) is 35.4 Å². The van der Waals surface area contributed by atoms with Crippen molar-refractivity contribution >= 4 is 5.97 Å². The predicted molar refractivity (Wildman–Crippen MR) is 76.0 cm³/mol. The van der Waals surface area contributed by atoms with Crippen molar-refractivity contribution in [2.24, 2.45) is 5.92 Å². The number of carbonyl (C=O) groups is 1. The third-order valence-electron chi connectivity index (χ3n) is 3.39. The van der Waals surface area contributed by atoms with E-state index in [1.165, 1.54) is 20.0 Å². The molecule has 2 atom stereocenters. The Morgan fingerprint density at radius 2 is 1.95 bits per heavy atom. The molecule has 1 N–H and O–H groups in total. The molecule has 2 unspecified atom stereocenters. The first-order chi connectivity index (χ1) is 9.08. The van der Waals surface area contributed by atoms with Gasteiger partial charge in [-0.3, -0.25) is 0 Å². The van der Waals surface area contributed by atoms with Crippen LogP contribution >= 0.6 is 0 Å². The number of benzene rings is 1. The zero-order valence-corrected chi connectivity index (χ0v) is 12.1. The van der Waals surface area contributed by atoms with Crippen LogP contribution in [0, 0.1) is 5.92 Å². The third kappa shape index (κ3) is 5.03. The van der Waals surface area contributed by atoms with Gasteiger partial charge in [0.2, 0.25) is 0 Å². The number of aliphatic hydroxyl groups excluding tert-OH is 1. The number of esters is 1. The molecule has 1 aromatic rings. The molecule has 0 amide bonds. The molecule has 0 bridgehead atoms. The van der Waals surface area contributed by atoms with Gasteiger partial charge in [-0.1, -0.05) is 45.2 Å². The molecule has 3 heteroatoms. The molecule has 0 spiro atoms. The molecular formula is C16H24O3. The van der Waals surface area contributed by atoms with Crippen molar-refractivity contribution in [3.63, 3.8) is 0 Å². The van der Waals surface area contributed by atoms with Crippen LogP contribution in [0.4, 0.5) is 0 Å². The standard InChI is InChI=1S/C16H24O3/c1-4-5-6-12(2)11-15(17)13-7-9-14(10-8-13)16(18)19-3/h7-10,12,15,17H,4-6,11H2,1-3H3. The number of hydrogen-bond donors (Lipinski definition) is 1. The maximum atomic E-state index is 11.3. The van der Waals surface area contributed by atoms with Gasteiger partial charge in [0.1, 0.15) is 0 Å². The van der Waals surface area contributed by atoms with Gasteiger partial charge in [0.25, 0.3) is 0 Å². The molecule has 1 aromatic carbocycles. The Labute approximate surface area is 115 Å². The van der Waals surface area contributed by atoms with Crippen molar-refractivity contribution < 1.29 is 14.6 Å². The van der Waals surface area contributed by atoms with Crippen LogP contribution in [0.5, 0.6) is 0 Å². The largest absolute Gasteiger partial charge is 0.465 e. The summed E-state index contributed by atoms with van der Waals surface area (Å²) in [5, 5.41) is 10.2. The summed E-state index contributed by atoms with van der Waals surface area (Å²) in [6, 6.07) is 6.98. The van der Waals surface area contributed by atoms with Crippen molar-refractivity contribution in [3.8, 4) is 0 Å². The van der Waals surface area contributed by atoms with E-state index in [-0.39, 0.29) is 5.97 Å². The highest BCUT2D eigenvalue weighted by Crippen LogP contribution is 2.24. The van der Waals surface area contributed by atoms with Gasteiger partial charge in [-0.05, 0) is 30.0 Å². The van der Waals surface area contributed by atoms with Crippen LogP contribution < -0.4 is 0 Å². The maximum absolute atomic E-state index is 11.3. The number of methoxy groups -OCH3 is 1. The number of rotatable bonds is 7.